The fourth-order valence-electron chi connectivity index (χ4n) is 3.95. The van der Waals surface area contributed by atoms with Gasteiger partial charge >= 0.3 is 6.08 Å². The van der Waals surface area contributed by atoms with Gasteiger partial charge in [0.15, 0.2) is 5.58 Å². The molecule has 0 N–H and O–H groups in total. The summed E-state index contributed by atoms with van der Waals surface area (Å²) >= 11 is 0. The Hall–Kier alpha value is -2.29. The molecule has 0 atom stereocenters. The van der Waals surface area contributed by atoms with Crippen molar-refractivity contribution >= 4 is 11.1 Å². The van der Waals surface area contributed by atoms with Crippen LogP contribution < -0.4 is 4.74 Å². The summed E-state index contributed by atoms with van der Waals surface area (Å²) in [5.41, 5.74) is 2.91. The first-order valence-electron chi connectivity index (χ1n) is 10.3. The van der Waals surface area contributed by atoms with Gasteiger partial charge in [0, 0.05) is 0 Å². The molecule has 1 aliphatic carbocycles. The summed E-state index contributed by atoms with van der Waals surface area (Å²) in [7, 11) is 0. The molecule has 1 heterocycles. The van der Waals surface area contributed by atoms with Crippen molar-refractivity contribution in [3.63, 3.8) is 0 Å². The van der Waals surface area contributed by atoms with Crippen molar-refractivity contribution in [2.24, 2.45) is 5.92 Å². The quantitative estimate of drug-likeness (QED) is 0.400. The number of nitrogens with zero attached hydrogens (tertiary/aromatic N) is 1. The predicted molar refractivity (Wildman–Crippen MR) is 109 cm³/mol. The van der Waals surface area contributed by atoms with Crippen LogP contribution in [0.25, 0.3) is 11.1 Å². The van der Waals surface area contributed by atoms with Crippen LogP contribution in [0.4, 0.5) is 0 Å². The van der Waals surface area contributed by atoms with Crippen molar-refractivity contribution in [3.8, 4) is 11.8 Å². The number of oxazole rings is 1. The molecule has 1 saturated carbocycles. The summed E-state index contributed by atoms with van der Waals surface area (Å²) in [4.78, 5) is 4.35. The molecule has 1 aliphatic rings. The van der Waals surface area contributed by atoms with E-state index in [9.17, 15) is 0 Å². The number of unbranched alkanes of at least 4 members (excludes halogenated alkanes) is 2. The Bertz CT molecular complexity index is 798. The van der Waals surface area contributed by atoms with Crippen LogP contribution >= 0.6 is 0 Å². The fourth-order valence-corrected chi connectivity index (χ4v) is 3.95. The van der Waals surface area contributed by atoms with Crippen molar-refractivity contribution in [3.05, 3.63) is 60.5 Å². The SMILES string of the molecule is [CH](CCCc1ccc(Oc2nc3ccccc3o2)cc1)CC1CCCCC1. The van der Waals surface area contributed by atoms with Gasteiger partial charge in [-0.25, -0.2) is 0 Å². The molecule has 0 spiro atoms. The highest BCUT2D eigenvalue weighted by Crippen LogP contribution is 2.28. The normalized spacial score (nSPS) is 15.3. The van der Waals surface area contributed by atoms with Gasteiger partial charge in [-0.15, -0.1) is 0 Å². The zero-order valence-corrected chi connectivity index (χ0v) is 15.9. The molecule has 2 aromatic carbocycles. The minimum absolute atomic E-state index is 0.293. The molecule has 141 valence electrons. The van der Waals surface area contributed by atoms with Crippen LogP contribution in [0.2, 0.25) is 0 Å². The van der Waals surface area contributed by atoms with E-state index in [1.54, 1.807) is 0 Å². The minimum atomic E-state index is 0.293. The smallest absolute Gasteiger partial charge is 0.400 e. The lowest BCUT2D eigenvalue weighted by molar-refractivity contribution is 0.343. The average Bonchev–Trinajstić information content (AvgIpc) is 3.12. The minimum Gasteiger partial charge on any atom is -0.411 e. The lowest BCUT2D eigenvalue weighted by Gasteiger charge is -2.21. The lowest BCUT2D eigenvalue weighted by atomic mass is 9.85. The van der Waals surface area contributed by atoms with Gasteiger partial charge in [-0.1, -0.05) is 56.4 Å². The van der Waals surface area contributed by atoms with E-state index < -0.39 is 0 Å². The maximum atomic E-state index is 5.74. The second-order valence-corrected chi connectivity index (χ2v) is 7.61. The van der Waals surface area contributed by atoms with Gasteiger partial charge in [-0.05, 0) is 67.9 Å². The van der Waals surface area contributed by atoms with Crippen molar-refractivity contribution in [2.45, 2.75) is 57.8 Å². The Morgan fingerprint density at radius 1 is 1.00 bits per heavy atom. The molecule has 1 aromatic heterocycles. The number of fused-ring (bicyclic) bond motifs is 1. The fraction of sp³-hybridized carbons (Fsp3) is 0.417. The first-order chi connectivity index (χ1) is 13.4. The third kappa shape index (κ3) is 5.12. The number of hydrogen-bond acceptors (Lipinski definition) is 3. The molecule has 0 amide bonds. The van der Waals surface area contributed by atoms with E-state index in [0.29, 0.717) is 6.08 Å². The van der Waals surface area contributed by atoms with Gasteiger partial charge in [0.05, 0.1) is 0 Å². The van der Waals surface area contributed by atoms with Crippen LogP contribution in [0.3, 0.4) is 0 Å². The number of ether oxygens (including phenoxy) is 1. The summed E-state index contributed by atoms with van der Waals surface area (Å²) in [5.74, 6) is 1.72. The Kier molecular flexibility index (Phi) is 6.08. The Labute approximate surface area is 161 Å². The van der Waals surface area contributed by atoms with E-state index >= 15 is 0 Å². The van der Waals surface area contributed by atoms with Gasteiger partial charge in [0.1, 0.15) is 11.3 Å². The first kappa shape index (κ1) is 18.1. The lowest BCUT2D eigenvalue weighted by Crippen LogP contribution is -2.06. The van der Waals surface area contributed by atoms with Gasteiger partial charge < -0.3 is 9.15 Å². The van der Waals surface area contributed by atoms with Crippen LogP contribution in [-0.2, 0) is 6.42 Å². The first-order valence-corrected chi connectivity index (χ1v) is 10.3. The van der Waals surface area contributed by atoms with Crippen molar-refractivity contribution < 1.29 is 9.15 Å². The van der Waals surface area contributed by atoms with Crippen LogP contribution in [0, 0.1) is 12.3 Å². The molecule has 1 radical (unpaired) electrons. The summed E-state index contributed by atoms with van der Waals surface area (Å²) in [6.45, 7) is 0. The highest BCUT2D eigenvalue weighted by Gasteiger charge is 2.12. The van der Waals surface area contributed by atoms with Gasteiger partial charge in [0.25, 0.3) is 0 Å². The Morgan fingerprint density at radius 2 is 1.81 bits per heavy atom. The number of aromatic nitrogens is 1. The summed E-state index contributed by atoms with van der Waals surface area (Å²) in [6, 6.07) is 15.9. The molecular formula is C24H28NO2. The van der Waals surface area contributed by atoms with E-state index in [-0.39, 0.29) is 0 Å². The molecule has 3 nitrogen and oxygen atoms in total. The van der Waals surface area contributed by atoms with Crippen LogP contribution in [-0.4, -0.2) is 4.98 Å². The van der Waals surface area contributed by atoms with E-state index in [1.165, 1.54) is 56.9 Å². The van der Waals surface area contributed by atoms with Crippen molar-refractivity contribution in [1.29, 1.82) is 0 Å². The van der Waals surface area contributed by atoms with Crippen LogP contribution in [0.5, 0.6) is 11.8 Å². The zero-order valence-electron chi connectivity index (χ0n) is 15.9. The average molecular weight is 362 g/mol. The Morgan fingerprint density at radius 3 is 2.63 bits per heavy atom. The highest BCUT2D eigenvalue weighted by atomic mass is 16.6. The third-order valence-corrected chi connectivity index (χ3v) is 5.50. The van der Waals surface area contributed by atoms with Crippen molar-refractivity contribution in [2.75, 3.05) is 0 Å². The molecule has 3 aromatic rings. The second kappa shape index (κ2) is 9.07. The monoisotopic (exact) mass is 362 g/mol. The van der Waals surface area contributed by atoms with E-state index in [4.69, 9.17) is 9.15 Å². The van der Waals surface area contributed by atoms with E-state index in [1.807, 2.05) is 36.4 Å². The van der Waals surface area contributed by atoms with Crippen molar-refractivity contribution in [1.82, 2.24) is 4.98 Å². The topological polar surface area (TPSA) is 35.3 Å². The molecular weight excluding hydrogens is 334 g/mol. The summed E-state index contributed by atoms with van der Waals surface area (Å²) in [5, 5.41) is 0. The maximum absolute atomic E-state index is 5.74. The molecule has 0 aliphatic heterocycles. The number of hydrogen-bond donors (Lipinski definition) is 0. The third-order valence-electron chi connectivity index (χ3n) is 5.50. The molecule has 3 heteroatoms. The van der Waals surface area contributed by atoms with E-state index in [2.05, 4.69) is 23.5 Å². The second-order valence-electron chi connectivity index (χ2n) is 7.61. The number of rotatable bonds is 8. The number of benzene rings is 2. The van der Waals surface area contributed by atoms with Gasteiger partial charge in [0.2, 0.25) is 0 Å². The van der Waals surface area contributed by atoms with E-state index in [0.717, 1.165) is 29.2 Å². The summed E-state index contributed by atoms with van der Waals surface area (Å²) in [6.07, 6.45) is 14.9. The largest absolute Gasteiger partial charge is 0.411 e. The number of para-hydroxylation sites is 2. The molecule has 0 unspecified atom stereocenters. The Balaban J connectivity index is 1.20. The highest BCUT2D eigenvalue weighted by molar-refractivity contribution is 5.72. The van der Waals surface area contributed by atoms with Crippen LogP contribution in [0.1, 0.15) is 56.9 Å². The molecule has 4 rings (SSSR count). The van der Waals surface area contributed by atoms with Crippen LogP contribution in [0.15, 0.2) is 52.9 Å². The molecule has 1 fully saturated rings. The molecule has 0 saturated heterocycles. The zero-order chi connectivity index (χ0) is 18.3. The molecule has 0 bridgehead atoms. The van der Waals surface area contributed by atoms with Gasteiger partial charge in [-0.2, -0.15) is 4.98 Å². The predicted octanol–water partition coefficient (Wildman–Crippen LogP) is 7.12. The summed E-state index contributed by atoms with van der Waals surface area (Å²) < 4.78 is 11.4. The maximum Gasteiger partial charge on any atom is 0.400 e. The molecule has 27 heavy (non-hydrogen) atoms. The standard InChI is InChI=1S/C24H28NO2/c1-3-9-19(10-4-1)11-5-2-6-12-20-15-17-21(18-16-20)26-24-25-22-13-7-8-14-23(22)27-24/h5,7-8,13-19H,1-4,6,9-12H2. The van der Waals surface area contributed by atoms with Gasteiger partial charge in [-0.3, -0.25) is 0 Å². The number of aryl methyl sites for hydroxylation is 1.